The van der Waals surface area contributed by atoms with Gasteiger partial charge in [-0.05, 0) is 18.4 Å². The van der Waals surface area contributed by atoms with Crippen LogP contribution in [0.1, 0.15) is 31.2 Å². The van der Waals surface area contributed by atoms with Gasteiger partial charge in [-0.25, -0.2) is 0 Å². The fourth-order valence-electron chi connectivity index (χ4n) is 2.41. The standard InChI is InChI=1S/C15H19NO2/c1-16(13-7-9-14(17)10-8-13)15(18)11-12-5-3-2-4-6-12/h2-6,13H,7-11H2,1H3. The quantitative estimate of drug-likeness (QED) is 0.818. The molecule has 1 saturated carbocycles. The SMILES string of the molecule is CN(C(=O)Cc1ccccc1)C1CCC(=O)CC1. The van der Waals surface area contributed by atoms with Gasteiger partial charge in [0.05, 0.1) is 6.42 Å². The second-order valence-electron chi connectivity index (χ2n) is 4.94. The molecule has 1 aromatic carbocycles. The third-order valence-corrected chi connectivity index (χ3v) is 3.65. The van der Waals surface area contributed by atoms with Crippen LogP contribution in [-0.4, -0.2) is 29.7 Å². The van der Waals surface area contributed by atoms with E-state index in [-0.39, 0.29) is 11.9 Å². The molecule has 1 amide bonds. The molecule has 0 atom stereocenters. The van der Waals surface area contributed by atoms with E-state index in [0.29, 0.717) is 25.0 Å². The number of hydrogen-bond acceptors (Lipinski definition) is 2. The van der Waals surface area contributed by atoms with Crippen molar-refractivity contribution in [2.75, 3.05) is 7.05 Å². The summed E-state index contributed by atoms with van der Waals surface area (Å²) in [6, 6.07) is 10.0. The molecule has 96 valence electrons. The van der Waals surface area contributed by atoms with Gasteiger partial charge in [0.1, 0.15) is 5.78 Å². The summed E-state index contributed by atoms with van der Waals surface area (Å²) in [5, 5.41) is 0. The minimum atomic E-state index is 0.139. The number of carbonyl (C=O) groups is 2. The van der Waals surface area contributed by atoms with Gasteiger partial charge in [-0.3, -0.25) is 9.59 Å². The number of rotatable bonds is 3. The molecule has 0 bridgehead atoms. The maximum atomic E-state index is 12.1. The van der Waals surface area contributed by atoms with Crippen molar-refractivity contribution >= 4 is 11.7 Å². The second-order valence-corrected chi connectivity index (χ2v) is 4.94. The summed E-state index contributed by atoms with van der Waals surface area (Å²) in [7, 11) is 1.85. The topological polar surface area (TPSA) is 37.4 Å². The van der Waals surface area contributed by atoms with Gasteiger partial charge in [0.25, 0.3) is 0 Å². The molecule has 1 aliphatic carbocycles. The smallest absolute Gasteiger partial charge is 0.226 e. The zero-order valence-corrected chi connectivity index (χ0v) is 10.8. The molecular weight excluding hydrogens is 226 g/mol. The first-order valence-electron chi connectivity index (χ1n) is 6.48. The lowest BCUT2D eigenvalue weighted by molar-refractivity contribution is -0.133. The minimum absolute atomic E-state index is 0.139. The first kappa shape index (κ1) is 12.8. The summed E-state index contributed by atoms with van der Waals surface area (Å²) in [5.41, 5.74) is 1.04. The predicted octanol–water partition coefficient (Wildman–Crippen LogP) is 2.20. The largest absolute Gasteiger partial charge is 0.342 e. The van der Waals surface area contributed by atoms with Crippen molar-refractivity contribution < 1.29 is 9.59 Å². The average Bonchev–Trinajstić information content (AvgIpc) is 2.40. The van der Waals surface area contributed by atoms with E-state index in [1.807, 2.05) is 42.3 Å². The van der Waals surface area contributed by atoms with Crippen molar-refractivity contribution in [1.82, 2.24) is 4.90 Å². The first-order valence-corrected chi connectivity index (χ1v) is 6.48. The van der Waals surface area contributed by atoms with Crippen LogP contribution in [0.3, 0.4) is 0 Å². The van der Waals surface area contributed by atoms with Gasteiger partial charge >= 0.3 is 0 Å². The molecule has 2 rings (SSSR count). The number of ketones is 1. The van der Waals surface area contributed by atoms with Crippen LogP contribution in [0.5, 0.6) is 0 Å². The lowest BCUT2D eigenvalue weighted by Gasteiger charge is -2.30. The fraction of sp³-hybridized carbons (Fsp3) is 0.467. The summed E-state index contributed by atoms with van der Waals surface area (Å²) < 4.78 is 0. The number of nitrogens with zero attached hydrogens (tertiary/aromatic N) is 1. The van der Waals surface area contributed by atoms with E-state index in [1.54, 1.807) is 0 Å². The van der Waals surface area contributed by atoms with Gasteiger partial charge in [0.2, 0.25) is 5.91 Å². The van der Waals surface area contributed by atoms with E-state index in [9.17, 15) is 9.59 Å². The summed E-state index contributed by atoms with van der Waals surface area (Å²) in [5.74, 6) is 0.468. The number of likely N-dealkylation sites (N-methyl/N-ethyl adjacent to an activating group) is 1. The summed E-state index contributed by atoms with van der Waals surface area (Å²) in [6.07, 6.45) is 3.31. The van der Waals surface area contributed by atoms with Crippen molar-refractivity contribution in [3.63, 3.8) is 0 Å². The lowest BCUT2D eigenvalue weighted by Crippen LogP contribution is -2.40. The Morgan fingerprint density at radius 2 is 1.83 bits per heavy atom. The molecule has 0 saturated heterocycles. The molecule has 18 heavy (non-hydrogen) atoms. The maximum absolute atomic E-state index is 12.1. The van der Waals surface area contributed by atoms with Crippen LogP contribution in [0, 0.1) is 0 Å². The normalized spacial score (nSPS) is 16.6. The van der Waals surface area contributed by atoms with Crippen LogP contribution in [0.25, 0.3) is 0 Å². The van der Waals surface area contributed by atoms with Crippen LogP contribution in [0.4, 0.5) is 0 Å². The van der Waals surface area contributed by atoms with Crippen molar-refractivity contribution in [3.05, 3.63) is 35.9 Å². The van der Waals surface area contributed by atoms with Gasteiger partial charge in [0.15, 0.2) is 0 Å². The van der Waals surface area contributed by atoms with E-state index in [1.165, 1.54) is 0 Å². The van der Waals surface area contributed by atoms with Gasteiger partial charge in [-0.2, -0.15) is 0 Å². The molecule has 0 aromatic heterocycles. The Balaban J connectivity index is 1.91. The highest BCUT2D eigenvalue weighted by molar-refractivity contribution is 5.81. The van der Waals surface area contributed by atoms with Crippen LogP contribution in [-0.2, 0) is 16.0 Å². The Kier molecular flexibility index (Phi) is 4.13. The van der Waals surface area contributed by atoms with E-state index in [0.717, 1.165) is 18.4 Å². The Hall–Kier alpha value is -1.64. The van der Waals surface area contributed by atoms with Gasteiger partial charge in [-0.1, -0.05) is 30.3 Å². The molecule has 0 N–H and O–H groups in total. The molecule has 0 radical (unpaired) electrons. The van der Waals surface area contributed by atoms with Gasteiger partial charge in [0, 0.05) is 25.9 Å². The van der Waals surface area contributed by atoms with E-state index >= 15 is 0 Å². The zero-order chi connectivity index (χ0) is 13.0. The monoisotopic (exact) mass is 245 g/mol. The molecule has 0 heterocycles. The van der Waals surface area contributed by atoms with Crippen LogP contribution < -0.4 is 0 Å². The fourth-order valence-corrected chi connectivity index (χ4v) is 2.41. The first-order chi connectivity index (χ1) is 8.66. The number of carbonyl (C=O) groups excluding carboxylic acids is 2. The minimum Gasteiger partial charge on any atom is -0.342 e. The highest BCUT2D eigenvalue weighted by atomic mass is 16.2. The van der Waals surface area contributed by atoms with Crippen molar-refractivity contribution in [3.8, 4) is 0 Å². The molecule has 3 nitrogen and oxygen atoms in total. The molecule has 3 heteroatoms. The number of benzene rings is 1. The van der Waals surface area contributed by atoms with Crippen LogP contribution in [0.2, 0.25) is 0 Å². The second kappa shape index (κ2) is 5.80. The molecule has 0 spiro atoms. The Morgan fingerprint density at radius 3 is 2.44 bits per heavy atom. The number of Topliss-reactive ketones (excluding diaryl/α,β-unsaturated/α-hetero) is 1. The Bertz CT molecular complexity index is 417. The molecule has 0 aliphatic heterocycles. The third kappa shape index (κ3) is 3.19. The Labute approximate surface area is 108 Å². The lowest BCUT2D eigenvalue weighted by atomic mass is 9.93. The number of amides is 1. The molecule has 1 aromatic rings. The molecule has 1 aliphatic rings. The molecule has 0 unspecified atom stereocenters. The van der Waals surface area contributed by atoms with Crippen molar-refractivity contribution in [2.24, 2.45) is 0 Å². The van der Waals surface area contributed by atoms with E-state index in [4.69, 9.17) is 0 Å². The highest BCUT2D eigenvalue weighted by Gasteiger charge is 2.24. The highest BCUT2D eigenvalue weighted by Crippen LogP contribution is 2.20. The predicted molar refractivity (Wildman–Crippen MR) is 70.2 cm³/mol. The van der Waals surface area contributed by atoms with Crippen LogP contribution in [0.15, 0.2) is 30.3 Å². The van der Waals surface area contributed by atoms with Crippen molar-refractivity contribution in [2.45, 2.75) is 38.1 Å². The summed E-state index contributed by atoms with van der Waals surface area (Å²) in [6.45, 7) is 0. The molecular formula is C15H19NO2. The third-order valence-electron chi connectivity index (χ3n) is 3.65. The van der Waals surface area contributed by atoms with E-state index in [2.05, 4.69) is 0 Å². The number of hydrogen-bond donors (Lipinski definition) is 0. The maximum Gasteiger partial charge on any atom is 0.226 e. The van der Waals surface area contributed by atoms with Crippen molar-refractivity contribution in [1.29, 1.82) is 0 Å². The molecule has 1 fully saturated rings. The zero-order valence-electron chi connectivity index (χ0n) is 10.8. The van der Waals surface area contributed by atoms with E-state index < -0.39 is 0 Å². The van der Waals surface area contributed by atoms with Gasteiger partial charge < -0.3 is 4.90 Å². The van der Waals surface area contributed by atoms with Crippen LogP contribution >= 0.6 is 0 Å². The summed E-state index contributed by atoms with van der Waals surface area (Å²) >= 11 is 0. The summed E-state index contributed by atoms with van der Waals surface area (Å²) in [4.78, 5) is 25.1. The van der Waals surface area contributed by atoms with Gasteiger partial charge in [-0.15, -0.1) is 0 Å². The Morgan fingerprint density at radius 1 is 1.22 bits per heavy atom. The average molecular weight is 245 g/mol.